The van der Waals surface area contributed by atoms with Crippen LogP contribution in [-0.2, 0) is 4.79 Å². The minimum absolute atomic E-state index is 0.0983. The minimum Gasteiger partial charge on any atom is -0.302 e. The topological polar surface area (TPSA) is 40.9 Å². The number of carbonyl (C=O) groups excluding carboxylic acids is 1. The van der Waals surface area contributed by atoms with Crippen molar-refractivity contribution in [1.29, 1.82) is 5.26 Å². The highest BCUT2D eigenvalue weighted by Crippen LogP contribution is 2.33. The second kappa shape index (κ2) is 4.32. The standard InChI is InChI=1S/C9H11NOS/c1-7(2-3-10)8-4-9(5-11)12-6-8/h5-7,9H,2,4H2,1H3. The van der Waals surface area contributed by atoms with Crippen LogP contribution in [-0.4, -0.2) is 11.5 Å². The van der Waals surface area contributed by atoms with Gasteiger partial charge in [-0.3, -0.25) is 0 Å². The maximum absolute atomic E-state index is 10.4. The second-order valence-electron chi connectivity index (χ2n) is 2.97. The fourth-order valence-electron chi connectivity index (χ4n) is 1.17. The van der Waals surface area contributed by atoms with Crippen LogP contribution in [0.2, 0.25) is 0 Å². The average Bonchev–Trinajstić information content (AvgIpc) is 2.52. The molecule has 0 spiro atoms. The third-order valence-corrected chi connectivity index (χ3v) is 3.08. The van der Waals surface area contributed by atoms with Crippen LogP contribution in [0.3, 0.4) is 0 Å². The van der Waals surface area contributed by atoms with Gasteiger partial charge >= 0.3 is 0 Å². The van der Waals surface area contributed by atoms with E-state index < -0.39 is 0 Å². The third-order valence-electron chi connectivity index (χ3n) is 2.01. The molecule has 0 N–H and O–H groups in total. The van der Waals surface area contributed by atoms with Crippen LogP contribution >= 0.6 is 11.8 Å². The highest BCUT2D eigenvalue weighted by Gasteiger charge is 2.20. The molecule has 0 saturated carbocycles. The van der Waals surface area contributed by atoms with E-state index in [9.17, 15) is 4.79 Å². The van der Waals surface area contributed by atoms with Gasteiger partial charge in [0, 0.05) is 6.42 Å². The molecule has 3 heteroatoms. The van der Waals surface area contributed by atoms with Crippen LogP contribution in [0.25, 0.3) is 0 Å². The van der Waals surface area contributed by atoms with Gasteiger partial charge in [-0.25, -0.2) is 0 Å². The van der Waals surface area contributed by atoms with Gasteiger partial charge in [0.25, 0.3) is 0 Å². The minimum atomic E-state index is 0.0983. The molecule has 2 atom stereocenters. The summed E-state index contributed by atoms with van der Waals surface area (Å²) < 4.78 is 0. The highest BCUT2D eigenvalue weighted by molar-refractivity contribution is 8.03. The Labute approximate surface area is 76.6 Å². The summed E-state index contributed by atoms with van der Waals surface area (Å²) in [5, 5.41) is 10.6. The van der Waals surface area contributed by atoms with Crippen molar-refractivity contribution < 1.29 is 4.79 Å². The summed E-state index contributed by atoms with van der Waals surface area (Å²) in [6.07, 6.45) is 2.36. The molecule has 2 unspecified atom stereocenters. The largest absolute Gasteiger partial charge is 0.302 e. The maximum Gasteiger partial charge on any atom is 0.133 e. The van der Waals surface area contributed by atoms with E-state index in [0.717, 1.165) is 12.7 Å². The van der Waals surface area contributed by atoms with Gasteiger partial charge in [-0.05, 0) is 17.7 Å². The molecule has 0 bridgehead atoms. The number of carbonyl (C=O) groups is 1. The van der Waals surface area contributed by atoms with Gasteiger partial charge in [-0.1, -0.05) is 12.5 Å². The van der Waals surface area contributed by atoms with E-state index in [1.807, 2.05) is 12.3 Å². The summed E-state index contributed by atoms with van der Waals surface area (Å²) in [5.41, 5.74) is 1.25. The Morgan fingerprint density at radius 1 is 2.00 bits per heavy atom. The lowest BCUT2D eigenvalue weighted by atomic mass is 9.96. The summed E-state index contributed by atoms with van der Waals surface area (Å²) in [6.45, 7) is 2.03. The van der Waals surface area contributed by atoms with Crippen molar-refractivity contribution in [2.45, 2.75) is 25.0 Å². The first-order valence-electron chi connectivity index (χ1n) is 3.94. The summed E-state index contributed by atoms with van der Waals surface area (Å²) in [4.78, 5) is 10.4. The van der Waals surface area contributed by atoms with E-state index >= 15 is 0 Å². The van der Waals surface area contributed by atoms with Crippen LogP contribution in [0, 0.1) is 17.2 Å². The molecule has 0 saturated heterocycles. The highest BCUT2D eigenvalue weighted by atomic mass is 32.2. The van der Waals surface area contributed by atoms with Crippen molar-refractivity contribution in [3.63, 3.8) is 0 Å². The van der Waals surface area contributed by atoms with E-state index in [0.29, 0.717) is 12.3 Å². The van der Waals surface area contributed by atoms with Gasteiger partial charge < -0.3 is 4.79 Å². The number of aldehydes is 1. The van der Waals surface area contributed by atoms with E-state index in [4.69, 9.17) is 5.26 Å². The smallest absolute Gasteiger partial charge is 0.133 e. The van der Waals surface area contributed by atoms with Crippen molar-refractivity contribution in [3.05, 3.63) is 11.0 Å². The lowest BCUT2D eigenvalue weighted by Crippen LogP contribution is -2.03. The van der Waals surface area contributed by atoms with Crippen LogP contribution in [0.4, 0.5) is 0 Å². The molecule has 64 valence electrons. The van der Waals surface area contributed by atoms with Gasteiger partial charge in [0.05, 0.1) is 11.3 Å². The lowest BCUT2D eigenvalue weighted by molar-refractivity contribution is -0.107. The Bertz CT molecular complexity index is 241. The first kappa shape index (κ1) is 9.34. The quantitative estimate of drug-likeness (QED) is 0.626. The number of nitriles is 1. The van der Waals surface area contributed by atoms with Gasteiger partial charge in [0.15, 0.2) is 0 Å². The molecule has 2 nitrogen and oxygen atoms in total. The summed E-state index contributed by atoms with van der Waals surface area (Å²) in [5.74, 6) is 0.312. The molecule has 0 aromatic carbocycles. The summed E-state index contributed by atoms with van der Waals surface area (Å²) >= 11 is 1.57. The average molecular weight is 181 g/mol. The predicted molar refractivity (Wildman–Crippen MR) is 49.5 cm³/mol. The molecule has 1 aliphatic heterocycles. The first-order chi connectivity index (χ1) is 5.77. The molecule has 0 fully saturated rings. The zero-order valence-electron chi connectivity index (χ0n) is 6.99. The molecule has 0 radical (unpaired) electrons. The van der Waals surface area contributed by atoms with Crippen LogP contribution < -0.4 is 0 Å². The van der Waals surface area contributed by atoms with Gasteiger partial charge in [0.2, 0.25) is 0 Å². The Balaban J connectivity index is 2.46. The molecule has 0 aromatic rings. The van der Waals surface area contributed by atoms with E-state index in [-0.39, 0.29) is 5.25 Å². The maximum atomic E-state index is 10.4. The first-order valence-corrected chi connectivity index (χ1v) is 4.89. The third kappa shape index (κ3) is 2.12. The summed E-state index contributed by atoms with van der Waals surface area (Å²) in [7, 11) is 0. The van der Waals surface area contributed by atoms with E-state index in [2.05, 4.69) is 6.07 Å². The zero-order chi connectivity index (χ0) is 8.97. The second-order valence-corrected chi connectivity index (χ2v) is 4.08. The monoisotopic (exact) mass is 181 g/mol. The fraction of sp³-hybridized carbons (Fsp3) is 0.556. The predicted octanol–water partition coefficient (Wildman–Crippen LogP) is 2.12. The van der Waals surface area contributed by atoms with Crippen molar-refractivity contribution >= 4 is 18.0 Å². The van der Waals surface area contributed by atoms with E-state index in [1.165, 1.54) is 5.57 Å². The molecular formula is C9H11NOS. The van der Waals surface area contributed by atoms with E-state index in [1.54, 1.807) is 11.8 Å². The van der Waals surface area contributed by atoms with Crippen molar-refractivity contribution in [1.82, 2.24) is 0 Å². The molecule has 1 rings (SSSR count). The molecule has 1 heterocycles. The normalized spacial score (nSPS) is 24.3. The Kier molecular flexibility index (Phi) is 3.36. The Morgan fingerprint density at radius 2 is 2.75 bits per heavy atom. The number of thioether (sulfide) groups is 1. The molecule has 0 aromatic heterocycles. The number of hydrogen-bond acceptors (Lipinski definition) is 3. The molecular weight excluding hydrogens is 170 g/mol. The van der Waals surface area contributed by atoms with Crippen molar-refractivity contribution in [3.8, 4) is 6.07 Å². The zero-order valence-corrected chi connectivity index (χ0v) is 7.80. The van der Waals surface area contributed by atoms with Gasteiger partial charge in [0.1, 0.15) is 6.29 Å². The SMILES string of the molecule is CC(CC#N)C1=CSC(C=O)C1. The summed E-state index contributed by atoms with van der Waals surface area (Å²) in [6, 6.07) is 2.14. The number of nitrogens with zero attached hydrogens (tertiary/aromatic N) is 1. The molecule has 1 aliphatic rings. The number of allylic oxidation sites excluding steroid dienone is 1. The van der Waals surface area contributed by atoms with Gasteiger partial charge in [-0.2, -0.15) is 5.26 Å². The van der Waals surface area contributed by atoms with Crippen molar-refractivity contribution in [2.24, 2.45) is 5.92 Å². The molecule has 12 heavy (non-hydrogen) atoms. The lowest BCUT2D eigenvalue weighted by Gasteiger charge is -2.07. The van der Waals surface area contributed by atoms with Crippen LogP contribution in [0.15, 0.2) is 11.0 Å². The Hall–Kier alpha value is -0.750. The number of hydrogen-bond donors (Lipinski definition) is 0. The van der Waals surface area contributed by atoms with Crippen LogP contribution in [0.1, 0.15) is 19.8 Å². The van der Waals surface area contributed by atoms with Gasteiger partial charge in [-0.15, -0.1) is 11.8 Å². The van der Waals surface area contributed by atoms with Crippen LogP contribution in [0.5, 0.6) is 0 Å². The molecule has 0 aliphatic carbocycles. The fourth-order valence-corrected chi connectivity index (χ4v) is 2.20. The Morgan fingerprint density at radius 3 is 3.25 bits per heavy atom. The van der Waals surface area contributed by atoms with Crippen molar-refractivity contribution in [2.75, 3.05) is 0 Å². The molecule has 0 amide bonds. The number of rotatable bonds is 3.